The molecule has 0 aliphatic carbocycles. The first-order valence-electron chi connectivity index (χ1n) is 8.37. The minimum atomic E-state index is -0.341. The number of halogens is 1. The first kappa shape index (κ1) is 16.3. The average molecular weight is 358 g/mol. The second kappa shape index (κ2) is 6.61. The van der Waals surface area contributed by atoms with E-state index >= 15 is 0 Å². The van der Waals surface area contributed by atoms with Crippen LogP contribution in [0.3, 0.4) is 0 Å². The lowest BCUT2D eigenvalue weighted by Crippen LogP contribution is -2.44. The maximum atomic E-state index is 13.2. The Balaban J connectivity index is 1.37. The van der Waals surface area contributed by atoms with Crippen molar-refractivity contribution >= 4 is 28.2 Å². The van der Waals surface area contributed by atoms with Gasteiger partial charge in [0.1, 0.15) is 11.4 Å². The van der Waals surface area contributed by atoms with Crippen LogP contribution >= 0.6 is 11.3 Å². The molecule has 3 heterocycles. The SMILES string of the molecule is CC(CNC(=O)c1cc2cc(F)ccc2o1)N1CCc2sccc2C1. The van der Waals surface area contributed by atoms with Gasteiger partial charge < -0.3 is 9.73 Å². The third-order valence-electron chi connectivity index (χ3n) is 4.72. The van der Waals surface area contributed by atoms with Crippen molar-refractivity contribution < 1.29 is 13.6 Å². The molecule has 1 unspecified atom stereocenters. The number of furan rings is 1. The molecule has 1 N–H and O–H groups in total. The van der Waals surface area contributed by atoms with E-state index in [-0.39, 0.29) is 23.5 Å². The number of hydrogen-bond donors (Lipinski definition) is 1. The van der Waals surface area contributed by atoms with Crippen molar-refractivity contribution in [1.82, 2.24) is 10.2 Å². The van der Waals surface area contributed by atoms with Crippen LogP contribution in [0.15, 0.2) is 40.1 Å². The summed E-state index contributed by atoms with van der Waals surface area (Å²) in [6.45, 7) is 4.60. The Kier molecular flexibility index (Phi) is 4.31. The van der Waals surface area contributed by atoms with Crippen LogP contribution in [0.1, 0.15) is 27.9 Å². The molecular weight excluding hydrogens is 339 g/mol. The molecule has 130 valence electrons. The molecule has 1 amide bonds. The molecule has 0 fully saturated rings. The van der Waals surface area contributed by atoms with Crippen LogP contribution in [0, 0.1) is 5.82 Å². The summed E-state index contributed by atoms with van der Waals surface area (Å²) in [5.74, 6) is -0.393. The molecule has 1 aromatic carbocycles. The van der Waals surface area contributed by atoms with E-state index in [1.54, 1.807) is 6.07 Å². The number of nitrogens with one attached hydrogen (secondary N) is 1. The van der Waals surface area contributed by atoms with E-state index in [4.69, 9.17) is 4.42 Å². The molecular formula is C19H19FN2O2S. The van der Waals surface area contributed by atoms with Gasteiger partial charge >= 0.3 is 0 Å². The molecule has 25 heavy (non-hydrogen) atoms. The second-order valence-corrected chi connectivity index (χ2v) is 7.44. The number of carbonyl (C=O) groups is 1. The molecule has 4 nitrogen and oxygen atoms in total. The van der Waals surface area contributed by atoms with E-state index < -0.39 is 0 Å². The molecule has 2 aromatic heterocycles. The Hall–Kier alpha value is -2.18. The molecule has 0 bridgehead atoms. The number of thiophene rings is 1. The van der Waals surface area contributed by atoms with Gasteiger partial charge in [0.15, 0.2) is 5.76 Å². The first-order chi connectivity index (χ1) is 12.1. The number of amides is 1. The normalized spacial score (nSPS) is 15.9. The molecule has 1 aliphatic rings. The van der Waals surface area contributed by atoms with Gasteiger partial charge in [0.2, 0.25) is 0 Å². The first-order valence-corrected chi connectivity index (χ1v) is 9.25. The molecule has 0 saturated carbocycles. The van der Waals surface area contributed by atoms with Gasteiger partial charge in [0.05, 0.1) is 0 Å². The predicted octanol–water partition coefficient (Wildman–Crippen LogP) is 3.81. The highest BCUT2D eigenvalue weighted by Crippen LogP contribution is 2.25. The van der Waals surface area contributed by atoms with Crippen molar-refractivity contribution in [3.05, 3.63) is 57.7 Å². The van der Waals surface area contributed by atoms with Crippen LogP contribution in [0.5, 0.6) is 0 Å². The summed E-state index contributed by atoms with van der Waals surface area (Å²) >= 11 is 1.82. The Morgan fingerprint density at radius 1 is 1.40 bits per heavy atom. The molecule has 0 spiro atoms. The highest BCUT2D eigenvalue weighted by Gasteiger charge is 2.22. The minimum absolute atomic E-state index is 0.214. The van der Waals surface area contributed by atoms with Gasteiger partial charge in [-0.05, 0) is 54.6 Å². The molecule has 6 heteroatoms. The lowest BCUT2D eigenvalue weighted by Gasteiger charge is -2.32. The van der Waals surface area contributed by atoms with Crippen LogP contribution in [-0.2, 0) is 13.0 Å². The third-order valence-corrected chi connectivity index (χ3v) is 5.74. The van der Waals surface area contributed by atoms with Crippen molar-refractivity contribution in [3.63, 3.8) is 0 Å². The highest BCUT2D eigenvalue weighted by molar-refractivity contribution is 7.10. The molecule has 1 aliphatic heterocycles. The number of nitrogens with zero attached hydrogens (tertiary/aromatic N) is 1. The Morgan fingerprint density at radius 3 is 3.16 bits per heavy atom. The molecule has 0 saturated heterocycles. The predicted molar refractivity (Wildman–Crippen MR) is 96.4 cm³/mol. The van der Waals surface area contributed by atoms with Gasteiger partial charge in [-0.2, -0.15) is 0 Å². The summed E-state index contributed by atoms with van der Waals surface area (Å²) in [6.07, 6.45) is 1.07. The standard InChI is InChI=1S/C19H19FN2O2S/c1-12(22-6-4-18-13(11-22)5-7-25-18)10-21-19(23)17-9-14-8-15(20)2-3-16(14)24-17/h2-3,5,7-9,12H,4,6,10-11H2,1H3,(H,21,23). The van der Waals surface area contributed by atoms with E-state index in [0.717, 1.165) is 19.5 Å². The number of fused-ring (bicyclic) bond motifs is 2. The number of rotatable bonds is 4. The summed E-state index contributed by atoms with van der Waals surface area (Å²) in [7, 11) is 0. The van der Waals surface area contributed by atoms with Gasteiger partial charge in [0, 0.05) is 35.9 Å². The second-order valence-electron chi connectivity index (χ2n) is 6.44. The van der Waals surface area contributed by atoms with E-state index in [2.05, 4.69) is 28.6 Å². The summed E-state index contributed by atoms with van der Waals surface area (Å²) in [6, 6.07) is 8.23. The quantitative estimate of drug-likeness (QED) is 0.771. The Morgan fingerprint density at radius 2 is 2.28 bits per heavy atom. The maximum absolute atomic E-state index is 13.2. The van der Waals surface area contributed by atoms with Gasteiger partial charge in [-0.1, -0.05) is 0 Å². The largest absolute Gasteiger partial charge is 0.451 e. The highest BCUT2D eigenvalue weighted by atomic mass is 32.1. The number of carbonyl (C=O) groups excluding carboxylic acids is 1. The van der Waals surface area contributed by atoms with E-state index in [1.165, 1.54) is 28.6 Å². The van der Waals surface area contributed by atoms with Gasteiger partial charge in [0.25, 0.3) is 5.91 Å². The van der Waals surface area contributed by atoms with Crippen molar-refractivity contribution in [2.45, 2.75) is 25.9 Å². The van der Waals surface area contributed by atoms with Crippen LogP contribution in [0.25, 0.3) is 11.0 Å². The lowest BCUT2D eigenvalue weighted by molar-refractivity contribution is 0.0907. The Labute approximate surface area is 149 Å². The zero-order valence-corrected chi connectivity index (χ0v) is 14.7. The van der Waals surface area contributed by atoms with E-state index in [1.807, 2.05) is 11.3 Å². The number of benzene rings is 1. The zero-order valence-electron chi connectivity index (χ0n) is 13.9. The van der Waals surface area contributed by atoms with Gasteiger partial charge in [-0.3, -0.25) is 9.69 Å². The van der Waals surface area contributed by atoms with Crippen LogP contribution in [0.2, 0.25) is 0 Å². The average Bonchev–Trinajstić information content (AvgIpc) is 3.24. The monoisotopic (exact) mass is 358 g/mol. The number of hydrogen-bond acceptors (Lipinski definition) is 4. The summed E-state index contributed by atoms with van der Waals surface area (Å²) < 4.78 is 18.7. The summed E-state index contributed by atoms with van der Waals surface area (Å²) in [4.78, 5) is 16.2. The van der Waals surface area contributed by atoms with Crippen molar-refractivity contribution in [2.75, 3.05) is 13.1 Å². The zero-order chi connectivity index (χ0) is 17.4. The van der Waals surface area contributed by atoms with E-state index in [9.17, 15) is 9.18 Å². The van der Waals surface area contributed by atoms with Gasteiger partial charge in [-0.15, -0.1) is 11.3 Å². The minimum Gasteiger partial charge on any atom is -0.451 e. The van der Waals surface area contributed by atoms with Crippen LogP contribution in [0.4, 0.5) is 4.39 Å². The molecule has 0 radical (unpaired) electrons. The fraction of sp³-hybridized carbons (Fsp3) is 0.316. The fourth-order valence-corrected chi connectivity index (χ4v) is 4.12. The van der Waals surface area contributed by atoms with Crippen molar-refractivity contribution in [2.24, 2.45) is 0 Å². The molecule has 4 rings (SSSR count). The topological polar surface area (TPSA) is 45.5 Å². The Bertz CT molecular complexity index is 917. The maximum Gasteiger partial charge on any atom is 0.287 e. The molecule has 3 aromatic rings. The third kappa shape index (κ3) is 3.32. The van der Waals surface area contributed by atoms with E-state index in [0.29, 0.717) is 17.5 Å². The van der Waals surface area contributed by atoms with Crippen molar-refractivity contribution in [3.8, 4) is 0 Å². The van der Waals surface area contributed by atoms with Gasteiger partial charge in [-0.25, -0.2) is 4.39 Å². The lowest BCUT2D eigenvalue weighted by atomic mass is 10.1. The van der Waals surface area contributed by atoms with Crippen LogP contribution in [-0.4, -0.2) is 29.9 Å². The smallest absolute Gasteiger partial charge is 0.287 e. The van der Waals surface area contributed by atoms with Crippen molar-refractivity contribution in [1.29, 1.82) is 0 Å². The fourth-order valence-electron chi connectivity index (χ4n) is 3.23. The molecule has 1 atom stereocenters. The summed E-state index contributed by atoms with van der Waals surface area (Å²) in [5, 5.41) is 5.66. The summed E-state index contributed by atoms with van der Waals surface area (Å²) in [5.41, 5.74) is 1.91. The van der Waals surface area contributed by atoms with Crippen LogP contribution < -0.4 is 5.32 Å².